The molecule has 4 heteroatoms. The van der Waals surface area contributed by atoms with Crippen LogP contribution in [0, 0.1) is 0 Å². The fourth-order valence-corrected chi connectivity index (χ4v) is 8.42. The van der Waals surface area contributed by atoms with Crippen molar-refractivity contribution in [2.24, 2.45) is 0 Å². The Bertz CT molecular complexity index is 3050. The Labute approximate surface area is 330 Å². The monoisotopic (exact) mass is 726 g/mol. The highest BCUT2D eigenvalue weighted by molar-refractivity contribution is 6.31. The Kier molecular flexibility index (Phi) is 7.78. The second-order valence-electron chi connectivity index (χ2n) is 14.4. The summed E-state index contributed by atoms with van der Waals surface area (Å²) in [6, 6.07) is 72.9. The van der Waals surface area contributed by atoms with Crippen molar-refractivity contribution in [3.05, 3.63) is 206 Å². The lowest BCUT2D eigenvalue weighted by Crippen LogP contribution is -2.00. The molecule has 0 spiro atoms. The van der Waals surface area contributed by atoms with Gasteiger partial charge in [-0.05, 0) is 80.2 Å². The summed E-state index contributed by atoms with van der Waals surface area (Å²) in [5, 5.41) is 7.44. The quantitative estimate of drug-likeness (QED) is 0.171. The normalized spacial score (nSPS) is 11.5. The predicted octanol–water partition coefficient (Wildman–Crippen LogP) is 13.6. The van der Waals surface area contributed by atoms with Crippen molar-refractivity contribution in [1.82, 2.24) is 19.5 Å². The van der Waals surface area contributed by atoms with Gasteiger partial charge >= 0.3 is 0 Å². The number of aromatic nitrogens is 4. The van der Waals surface area contributed by atoms with Gasteiger partial charge in [0, 0.05) is 33.2 Å². The molecule has 0 N–H and O–H groups in total. The van der Waals surface area contributed by atoms with Gasteiger partial charge in [0.25, 0.3) is 0 Å². The maximum Gasteiger partial charge on any atom is 0.164 e. The smallest absolute Gasteiger partial charge is 0.164 e. The van der Waals surface area contributed by atoms with Crippen LogP contribution >= 0.6 is 0 Å². The average Bonchev–Trinajstić information content (AvgIpc) is 3.64. The standard InChI is InChI=1S/C53H34N4/c1-5-17-35(18-6-1)45-33-47-49(43-27-15-13-25-41(43)45)50-44-28-16-14-26-42(44)46(36-19-7-2-8-20-36)34-48(50)57(47)40-31-29-39(30-32-40)53-55-51(37-21-9-3-10-22-37)54-52(56-53)38-23-11-4-12-24-38/h1-34H. The predicted molar refractivity (Wildman–Crippen MR) is 236 cm³/mol. The maximum atomic E-state index is 5.02. The zero-order valence-corrected chi connectivity index (χ0v) is 30.9. The molecule has 0 aliphatic carbocycles. The summed E-state index contributed by atoms with van der Waals surface area (Å²) in [5.74, 6) is 1.92. The van der Waals surface area contributed by atoms with Crippen LogP contribution in [0.3, 0.4) is 0 Å². The molecule has 9 aromatic carbocycles. The zero-order chi connectivity index (χ0) is 37.7. The molecule has 0 amide bonds. The van der Waals surface area contributed by atoms with Gasteiger partial charge in [-0.1, -0.05) is 170 Å². The largest absolute Gasteiger partial charge is 0.309 e. The first-order valence-electron chi connectivity index (χ1n) is 19.3. The summed E-state index contributed by atoms with van der Waals surface area (Å²) >= 11 is 0. The molecule has 0 aliphatic rings. The summed E-state index contributed by atoms with van der Waals surface area (Å²) in [7, 11) is 0. The molecule has 2 heterocycles. The van der Waals surface area contributed by atoms with Crippen LogP contribution < -0.4 is 0 Å². The molecule has 266 valence electrons. The van der Waals surface area contributed by atoms with Crippen molar-refractivity contribution in [3.8, 4) is 62.1 Å². The highest BCUT2D eigenvalue weighted by Crippen LogP contribution is 2.46. The maximum absolute atomic E-state index is 5.02. The minimum Gasteiger partial charge on any atom is -0.309 e. The topological polar surface area (TPSA) is 43.6 Å². The van der Waals surface area contributed by atoms with Crippen LogP contribution in [0.2, 0.25) is 0 Å². The van der Waals surface area contributed by atoms with E-state index in [0.29, 0.717) is 17.5 Å². The molecule has 0 fully saturated rings. The zero-order valence-electron chi connectivity index (χ0n) is 30.9. The Morgan fingerprint density at radius 2 is 0.596 bits per heavy atom. The molecule has 57 heavy (non-hydrogen) atoms. The second kappa shape index (κ2) is 13.6. The van der Waals surface area contributed by atoms with Gasteiger partial charge < -0.3 is 4.57 Å². The van der Waals surface area contributed by atoms with Gasteiger partial charge in [-0.25, -0.2) is 15.0 Å². The van der Waals surface area contributed by atoms with Crippen molar-refractivity contribution < 1.29 is 0 Å². The molecule has 0 atom stereocenters. The van der Waals surface area contributed by atoms with Crippen molar-refractivity contribution in [3.63, 3.8) is 0 Å². The number of hydrogen-bond donors (Lipinski definition) is 0. The summed E-state index contributed by atoms with van der Waals surface area (Å²) in [5.41, 5.74) is 11.0. The first-order chi connectivity index (χ1) is 28.3. The SMILES string of the molecule is c1ccc(-c2nc(-c3ccccc3)nc(-c3ccc(-n4c5cc(-c6ccccc6)c6ccccc6c5c5c6ccccc6c(-c6ccccc6)cc54)cc3)n2)cc1. The third-order valence-corrected chi connectivity index (χ3v) is 11.0. The number of fused-ring (bicyclic) bond motifs is 7. The minimum atomic E-state index is 0.631. The van der Waals surface area contributed by atoms with Crippen LogP contribution in [-0.4, -0.2) is 19.5 Å². The van der Waals surface area contributed by atoms with Crippen molar-refractivity contribution in [1.29, 1.82) is 0 Å². The van der Waals surface area contributed by atoms with Crippen molar-refractivity contribution >= 4 is 43.4 Å². The van der Waals surface area contributed by atoms with Crippen LogP contribution in [0.15, 0.2) is 206 Å². The summed E-state index contributed by atoms with van der Waals surface area (Å²) in [4.78, 5) is 15.0. The minimum absolute atomic E-state index is 0.631. The van der Waals surface area contributed by atoms with Crippen LogP contribution in [0.25, 0.3) is 105 Å². The van der Waals surface area contributed by atoms with E-state index >= 15 is 0 Å². The fourth-order valence-electron chi connectivity index (χ4n) is 8.42. The van der Waals surface area contributed by atoms with E-state index in [1.54, 1.807) is 0 Å². The summed E-state index contributed by atoms with van der Waals surface area (Å²) in [6.45, 7) is 0. The molecule has 0 saturated carbocycles. The number of benzene rings is 9. The van der Waals surface area contributed by atoms with Gasteiger partial charge in [0.05, 0.1) is 11.0 Å². The van der Waals surface area contributed by atoms with Crippen LogP contribution in [-0.2, 0) is 0 Å². The molecule has 0 bridgehead atoms. The van der Waals surface area contributed by atoms with E-state index in [-0.39, 0.29) is 0 Å². The molecular weight excluding hydrogens is 693 g/mol. The molecule has 0 radical (unpaired) electrons. The Hall–Kier alpha value is -7.69. The molecule has 11 rings (SSSR count). The van der Waals surface area contributed by atoms with E-state index in [0.717, 1.165) is 33.4 Å². The highest BCUT2D eigenvalue weighted by atomic mass is 15.0. The molecule has 11 aromatic rings. The van der Waals surface area contributed by atoms with Gasteiger partial charge in [-0.15, -0.1) is 0 Å². The van der Waals surface area contributed by atoms with Crippen LogP contribution in [0.4, 0.5) is 0 Å². The van der Waals surface area contributed by atoms with Crippen LogP contribution in [0.5, 0.6) is 0 Å². The van der Waals surface area contributed by atoms with Gasteiger partial charge in [-0.3, -0.25) is 0 Å². The lowest BCUT2D eigenvalue weighted by molar-refractivity contribution is 1.07. The van der Waals surface area contributed by atoms with E-state index in [2.05, 4.69) is 150 Å². The van der Waals surface area contributed by atoms with Gasteiger partial charge in [-0.2, -0.15) is 0 Å². The van der Waals surface area contributed by atoms with Crippen molar-refractivity contribution in [2.75, 3.05) is 0 Å². The Morgan fingerprint density at radius 1 is 0.281 bits per heavy atom. The van der Waals surface area contributed by atoms with E-state index in [1.165, 1.54) is 54.6 Å². The fraction of sp³-hybridized carbons (Fsp3) is 0. The third kappa shape index (κ3) is 5.58. The Morgan fingerprint density at radius 3 is 0.982 bits per heavy atom. The van der Waals surface area contributed by atoms with E-state index in [9.17, 15) is 0 Å². The first-order valence-corrected chi connectivity index (χ1v) is 19.3. The molecule has 0 unspecified atom stereocenters. The average molecular weight is 727 g/mol. The molecule has 0 aliphatic heterocycles. The molecule has 0 saturated heterocycles. The second-order valence-corrected chi connectivity index (χ2v) is 14.4. The summed E-state index contributed by atoms with van der Waals surface area (Å²) < 4.78 is 2.45. The Balaban J connectivity index is 1.19. The number of rotatable bonds is 6. The molecular formula is C53H34N4. The van der Waals surface area contributed by atoms with Gasteiger partial charge in [0.1, 0.15) is 0 Å². The van der Waals surface area contributed by atoms with E-state index < -0.39 is 0 Å². The third-order valence-electron chi connectivity index (χ3n) is 11.0. The highest BCUT2D eigenvalue weighted by Gasteiger charge is 2.22. The van der Waals surface area contributed by atoms with Gasteiger partial charge in [0.2, 0.25) is 0 Å². The van der Waals surface area contributed by atoms with E-state index in [1.807, 2.05) is 60.7 Å². The lowest BCUT2D eigenvalue weighted by Gasteiger charge is -2.13. The summed E-state index contributed by atoms with van der Waals surface area (Å²) in [6.07, 6.45) is 0. The number of nitrogens with zero attached hydrogens (tertiary/aromatic N) is 4. The van der Waals surface area contributed by atoms with Crippen molar-refractivity contribution in [2.45, 2.75) is 0 Å². The molecule has 2 aromatic heterocycles. The van der Waals surface area contributed by atoms with E-state index in [4.69, 9.17) is 15.0 Å². The number of hydrogen-bond acceptors (Lipinski definition) is 3. The van der Waals surface area contributed by atoms with Gasteiger partial charge in [0.15, 0.2) is 17.5 Å². The first kappa shape index (κ1) is 32.7. The lowest BCUT2D eigenvalue weighted by atomic mass is 9.92. The molecule has 4 nitrogen and oxygen atoms in total. The van der Waals surface area contributed by atoms with Crippen LogP contribution in [0.1, 0.15) is 0 Å².